The second-order valence-electron chi connectivity index (χ2n) is 12.0. The lowest BCUT2D eigenvalue weighted by molar-refractivity contribution is 0.669. The molecule has 0 bridgehead atoms. The van der Waals surface area contributed by atoms with Crippen molar-refractivity contribution in [2.24, 2.45) is 0 Å². The van der Waals surface area contributed by atoms with Crippen LogP contribution in [0.3, 0.4) is 0 Å². The Bertz CT molecular complexity index is 2390. The molecular weight excluding hydrogens is 532 g/mol. The SMILES string of the molecule is c1cc(-c2ccc3c(c2)C2(c4ccccc4-c4ccccc42)c2ccccc2-3)cc(-c2ccc3oc4ccccc4c3c2)c1. The molecule has 0 fully saturated rings. The van der Waals surface area contributed by atoms with Crippen molar-refractivity contribution >= 4 is 21.9 Å². The van der Waals surface area contributed by atoms with Gasteiger partial charge in [-0.15, -0.1) is 0 Å². The Balaban J connectivity index is 1.17. The van der Waals surface area contributed by atoms with E-state index in [0.717, 1.165) is 21.9 Å². The fraction of sp³-hybridized carbons (Fsp3) is 0.0233. The Morgan fingerprint density at radius 1 is 0.318 bits per heavy atom. The minimum absolute atomic E-state index is 0.333. The fourth-order valence-corrected chi connectivity index (χ4v) is 8.06. The van der Waals surface area contributed by atoms with E-state index in [-0.39, 0.29) is 5.41 Å². The largest absolute Gasteiger partial charge is 0.456 e. The highest BCUT2D eigenvalue weighted by Gasteiger charge is 2.51. The number of fused-ring (bicyclic) bond motifs is 13. The van der Waals surface area contributed by atoms with Gasteiger partial charge in [-0.2, -0.15) is 0 Å². The van der Waals surface area contributed by atoms with Crippen molar-refractivity contribution in [3.8, 4) is 44.5 Å². The quantitative estimate of drug-likeness (QED) is 0.206. The summed E-state index contributed by atoms with van der Waals surface area (Å²) in [7, 11) is 0. The van der Waals surface area contributed by atoms with Gasteiger partial charge in [-0.1, -0.05) is 127 Å². The van der Waals surface area contributed by atoms with Crippen LogP contribution in [0.5, 0.6) is 0 Å². The van der Waals surface area contributed by atoms with Gasteiger partial charge >= 0.3 is 0 Å². The van der Waals surface area contributed by atoms with Gasteiger partial charge in [0.05, 0.1) is 5.41 Å². The third-order valence-corrected chi connectivity index (χ3v) is 9.90. The molecule has 1 nitrogen and oxygen atoms in total. The van der Waals surface area contributed by atoms with E-state index in [0.29, 0.717) is 0 Å². The van der Waals surface area contributed by atoms with Crippen LogP contribution in [-0.2, 0) is 5.41 Å². The van der Waals surface area contributed by atoms with Crippen LogP contribution >= 0.6 is 0 Å². The Kier molecular flexibility index (Phi) is 4.71. The van der Waals surface area contributed by atoms with Crippen molar-refractivity contribution in [3.63, 3.8) is 0 Å². The molecule has 8 aromatic rings. The van der Waals surface area contributed by atoms with Crippen LogP contribution in [0.4, 0.5) is 0 Å². The van der Waals surface area contributed by atoms with E-state index >= 15 is 0 Å². The highest BCUT2D eigenvalue weighted by molar-refractivity contribution is 6.06. The lowest BCUT2D eigenvalue weighted by Gasteiger charge is -2.30. The highest BCUT2D eigenvalue weighted by atomic mass is 16.3. The molecule has 0 atom stereocenters. The molecule has 7 aromatic carbocycles. The van der Waals surface area contributed by atoms with Crippen LogP contribution in [0.15, 0.2) is 162 Å². The zero-order chi connectivity index (χ0) is 28.8. The summed E-state index contributed by atoms with van der Waals surface area (Å²) in [5.74, 6) is 0. The lowest BCUT2D eigenvalue weighted by Crippen LogP contribution is -2.25. The van der Waals surface area contributed by atoms with Gasteiger partial charge < -0.3 is 4.42 Å². The number of furan rings is 1. The molecule has 1 heterocycles. The maximum atomic E-state index is 6.10. The third-order valence-electron chi connectivity index (χ3n) is 9.90. The summed E-state index contributed by atoms with van der Waals surface area (Å²) < 4.78 is 6.10. The normalized spacial score (nSPS) is 13.6. The molecule has 2 aliphatic rings. The van der Waals surface area contributed by atoms with E-state index in [1.165, 1.54) is 66.8 Å². The molecule has 0 saturated heterocycles. The van der Waals surface area contributed by atoms with Crippen LogP contribution in [0, 0.1) is 0 Å². The molecular formula is C43H26O. The van der Waals surface area contributed by atoms with Crippen molar-refractivity contribution in [1.82, 2.24) is 0 Å². The Hall–Kier alpha value is -5.66. The monoisotopic (exact) mass is 558 g/mol. The molecule has 1 aromatic heterocycles. The van der Waals surface area contributed by atoms with Crippen molar-refractivity contribution in [1.29, 1.82) is 0 Å². The number of hydrogen-bond acceptors (Lipinski definition) is 1. The van der Waals surface area contributed by atoms with Gasteiger partial charge in [-0.25, -0.2) is 0 Å². The van der Waals surface area contributed by atoms with Crippen molar-refractivity contribution in [3.05, 3.63) is 180 Å². The molecule has 204 valence electrons. The first-order chi connectivity index (χ1) is 21.8. The van der Waals surface area contributed by atoms with Gasteiger partial charge in [0.2, 0.25) is 0 Å². The van der Waals surface area contributed by atoms with E-state index in [1.807, 2.05) is 12.1 Å². The van der Waals surface area contributed by atoms with E-state index in [9.17, 15) is 0 Å². The van der Waals surface area contributed by atoms with Crippen molar-refractivity contribution in [2.45, 2.75) is 5.41 Å². The number of rotatable bonds is 2. The first kappa shape index (κ1) is 23.9. The summed E-state index contributed by atoms with van der Waals surface area (Å²) in [4.78, 5) is 0. The Labute approximate surface area is 255 Å². The van der Waals surface area contributed by atoms with Crippen LogP contribution in [0.2, 0.25) is 0 Å². The summed E-state index contributed by atoms with van der Waals surface area (Å²) in [6.45, 7) is 0. The molecule has 0 amide bonds. The van der Waals surface area contributed by atoms with Gasteiger partial charge in [0.15, 0.2) is 0 Å². The van der Waals surface area contributed by atoms with Crippen LogP contribution in [0.1, 0.15) is 22.3 Å². The second-order valence-corrected chi connectivity index (χ2v) is 12.0. The van der Waals surface area contributed by atoms with Gasteiger partial charge in [0.25, 0.3) is 0 Å². The first-order valence-corrected chi connectivity index (χ1v) is 15.3. The molecule has 2 aliphatic carbocycles. The predicted molar refractivity (Wildman–Crippen MR) is 181 cm³/mol. The second kappa shape index (κ2) is 8.69. The molecule has 0 aliphatic heterocycles. The van der Waals surface area contributed by atoms with Crippen LogP contribution in [0.25, 0.3) is 66.4 Å². The van der Waals surface area contributed by atoms with Gasteiger partial charge in [0, 0.05) is 10.8 Å². The summed E-state index contributed by atoms with van der Waals surface area (Å²) in [5, 5.41) is 2.31. The minimum Gasteiger partial charge on any atom is -0.456 e. The average Bonchev–Trinajstić information content (AvgIpc) is 3.72. The Morgan fingerprint density at radius 2 is 0.818 bits per heavy atom. The van der Waals surface area contributed by atoms with Crippen LogP contribution < -0.4 is 0 Å². The van der Waals surface area contributed by atoms with E-state index in [1.54, 1.807) is 0 Å². The molecule has 1 spiro atoms. The average molecular weight is 559 g/mol. The molecule has 44 heavy (non-hydrogen) atoms. The summed E-state index contributed by atoms with van der Waals surface area (Å²) in [6, 6.07) is 57.8. The third kappa shape index (κ3) is 3.03. The molecule has 0 unspecified atom stereocenters. The number of benzene rings is 7. The van der Waals surface area contributed by atoms with Gasteiger partial charge in [0.1, 0.15) is 11.2 Å². The standard InChI is InChI=1S/C43H26O/c1-5-16-37-31(12-1)32-13-2-6-17-38(32)43(37)39-18-7-3-14-33(39)34-22-20-30(26-40(34)43)28-11-9-10-27(24-28)29-21-23-42-36(25-29)35-15-4-8-19-41(35)44-42/h1-26H. The van der Waals surface area contributed by atoms with E-state index in [2.05, 4.69) is 146 Å². The number of hydrogen-bond donors (Lipinski definition) is 0. The van der Waals surface area contributed by atoms with E-state index in [4.69, 9.17) is 4.42 Å². The zero-order valence-corrected chi connectivity index (χ0v) is 23.9. The first-order valence-electron chi connectivity index (χ1n) is 15.3. The minimum atomic E-state index is -0.333. The Morgan fingerprint density at radius 3 is 1.50 bits per heavy atom. The van der Waals surface area contributed by atoms with E-state index < -0.39 is 0 Å². The summed E-state index contributed by atoms with van der Waals surface area (Å²) in [5.41, 5.74) is 17.2. The zero-order valence-electron chi connectivity index (χ0n) is 23.9. The van der Waals surface area contributed by atoms with Gasteiger partial charge in [-0.3, -0.25) is 0 Å². The maximum absolute atomic E-state index is 6.10. The fourth-order valence-electron chi connectivity index (χ4n) is 8.06. The van der Waals surface area contributed by atoms with Gasteiger partial charge in [-0.05, 0) is 97.1 Å². The highest BCUT2D eigenvalue weighted by Crippen LogP contribution is 2.63. The summed E-state index contributed by atoms with van der Waals surface area (Å²) in [6.07, 6.45) is 0. The molecule has 0 saturated carbocycles. The smallest absolute Gasteiger partial charge is 0.135 e. The maximum Gasteiger partial charge on any atom is 0.135 e. The summed E-state index contributed by atoms with van der Waals surface area (Å²) >= 11 is 0. The molecule has 0 N–H and O–H groups in total. The van der Waals surface area contributed by atoms with Crippen molar-refractivity contribution in [2.75, 3.05) is 0 Å². The molecule has 10 rings (SSSR count). The number of para-hydroxylation sites is 1. The molecule has 1 heteroatoms. The topological polar surface area (TPSA) is 13.1 Å². The van der Waals surface area contributed by atoms with Crippen LogP contribution in [-0.4, -0.2) is 0 Å². The predicted octanol–water partition coefficient (Wildman–Crippen LogP) is 11.3. The molecule has 0 radical (unpaired) electrons. The lowest BCUT2D eigenvalue weighted by atomic mass is 9.70. The van der Waals surface area contributed by atoms with Crippen molar-refractivity contribution < 1.29 is 4.42 Å².